The number of fused-ring (bicyclic) bond motifs is 1. The first-order valence-electron chi connectivity index (χ1n) is 10.8. The van der Waals surface area contributed by atoms with Crippen LogP contribution >= 0.6 is 0 Å². The van der Waals surface area contributed by atoms with E-state index in [4.69, 9.17) is 24.7 Å². The Balaban J connectivity index is 1.66. The van der Waals surface area contributed by atoms with Crippen molar-refractivity contribution in [3.05, 3.63) is 94.9 Å². The largest absolute Gasteiger partial charge is 0.497 e. The van der Waals surface area contributed by atoms with Crippen molar-refractivity contribution in [1.29, 1.82) is 5.26 Å². The van der Waals surface area contributed by atoms with Gasteiger partial charge in [0.05, 0.1) is 25.2 Å². The molecule has 3 aromatic carbocycles. The number of methoxy groups -OCH3 is 1. The minimum atomic E-state index is -0.534. The van der Waals surface area contributed by atoms with Crippen molar-refractivity contribution in [3.63, 3.8) is 0 Å². The fourth-order valence-corrected chi connectivity index (χ4v) is 3.76. The van der Waals surface area contributed by atoms with Crippen LogP contribution in [0.3, 0.4) is 0 Å². The molecule has 0 saturated heterocycles. The van der Waals surface area contributed by atoms with Crippen molar-refractivity contribution < 1.29 is 23.7 Å². The van der Waals surface area contributed by atoms with Gasteiger partial charge in [0.2, 0.25) is 5.88 Å². The fraction of sp³-hybridized carbons (Fsp3) is 0.185. The van der Waals surface area contributed by atoms with Crippen molar-refractivity contribution in [1.82, 2.24) is 0 Å². The molecule has 4 rings (SSSR count). The molecule has 1 aliphatic heterocycles. The number of nitrogens with zero attached hydrogens (tertiary/aromatic N) is 1. The Morgan fingerprint density at radius 2 is 1.85 bits per heavy atom. The summed E-state index contributed by atoms with van der Waals surface area (Å²) in [6.45, 7) is 2.63. The number of ether oxygens (including phenoxy) is 4. The highest BCUT2D eigenvalue weighted by Gasteiger charge is 2.31. The SMILES string of the molecule is CCCOc1cccc(C2C(C#N)=C(N)Oc3cc(OC(=O)c4cccc(OC)c4)ccc32)c1. The highest BCUT2D eigenvalue weighted by molar-refractivity contribution is 5.91. The molecule has 0 aromatic heterocycles. The van der Waals surface area contributed by atoms with E-state index in [2.05, 4.69) is 6.07 Å². The Labute approximate surface area is 197 Å². The molecular formula is C27H24N2O5. The van der Waals surface area contributed by atoms with Crippen LogP contribution in [0.2, 0.25) is 0 Å². The second-order valence-electron chi connectivity index (χ2n) is 7.67. The smallest absolute Gasteiger partial charge is 0.343 e. The maximum absolute atomic E-state index is 12.6. The van der Waals surface area contributed by atoms with Gasteiger partial charge in [-0.05, 0) is 48.4 Å². The molecule has 1 unspecified atom stereocenters. The number of hydrogen-bond donors (Lipinski definition) is 1. The lowest BCUT2D eigenvalue weighted by Gasteiger charge is -2.27. The van der Waals surface area contributed by atoms with Gasteiger partial charge in [-0.2, -0.15) is 5.26 Å². The van der Waals surface area contributed by atoms with Crippen LogP contribution in [0.1, 0.15) is 40.7 Å². The third kappa shape index (κ3) is 4.66. The van der Waals surface area contributed by atoms with Crippen LogP contribution in [0, 0.1) is 11.3 Å². The Bertz CT molecular complexity index is 1290. The van der Waals surface area contributed by atoms with E-state index in [0.717, 1.165) is 17.5 Å². The van der Waals surface area contributed by atoms with Crippen LogP contribution in [-0.4, -0.2) is 19.7 Å². The van der Waals surface area contributed by atoms with E-state index in [-0.39, 0.29) is 5.88 Å². The van der Waals surface area contributed by atoms with E-state index in [0.29, 0.717) is 40.7 Å². The molecule has 0 saturated carbocycles. The zero-order valence-electron chi connectivity index (χ0n) is 18.9. The van der Waals surface area contributed by atoms with Gasteiger partial charge in [-0.25, -0.2) is 4.79 Å². The molecule has 34 heavy (non-hydrogen) atoms. The van der Waals surface area contributed by atoms with E-state index in [1.54, 1.807) is 42.5 Å². The Kier molecular flexibility index (Phi) is 6.69. The molecule has 172 valence electrons. The molecule has 0 amide bonds. The number of esters is 1. The molecule has 0 spiro atoms. The van der Waals surface area contributed by atoms with Gasteiger partial charge in [0.15, 0.2) is 0 Å². The summed E-state index contributed by atoms with van der Waals surface area (Å²) in [6, 6.07) is 21.5. The molecule has 1 aliphatic rings. The Morgan fingerprint density at radius 3 is 2.62 bits per heavy atom. The van der Waals surface area contributed by atoms with Crippen LogP contribution in [0.15, 0.2) is 78.2 Å². The van der Waals surface area contributed by atoms with Crippen LogP contribution in [0.5, 0.6) is 23.0 Å². The quantitative estimate of drug-likeness (QED) is 0.397. The van der Waals surface area contributed by atoms with E-state index >= 15 is 0 Å². The maximum Gasteiger partial charge on any atom is 0.343 e. The molecule has 7 heteroatoms. The van der Waals surface area contributed by atoms with Crippen LogP contribution in [0.25, 0.3) is 0 Å². The molecule has 0 bridgehead atoms. The number of carbonyl (C=O) groups is 1. The first-order chi connectivity index (χ1) is 16.5. The number of carbonyl (C=O) groups excluding carboxylic acids is 1. The monoisotopic (exact) mass is 456 g/mol. The van der Waals surface area contributed by atoms with Gasteiger partial charge < -0.3 is 24.7 Å². The van der Waals surface area contributed by atoms with Crippen molar-refractivity contribution in [2.45, 2.75) is 19.3 Å². The van der Waals surface area contributed by atoms with Gasteiger partial charge in [-0.1, -0.05) is 31.2 Å². The lowest BCUT2D eigenvalue weighted by atomic mass is 9.83. The maximum atomic E-state index is 12.6. The summed E-state index contributed by atoms with van der Waals surface area (Å²) in [5.41, 5.74) is 8.35. The zero-order chi connectivity index (χ0) is 24.1. The molecule has 2 N–H and O–H groups in total. The number of hydrogen-bond acceptors (Lipinski definition) is 7. The standard InChI is InChI=1S/C27H24N2O5/c1-3-12-32-20-9-4-6-17(13-20)25-22-11-10-21(15-24(22)34-26(29)23(25)16-28)33-27(30)18-7-5-8-19(14-18)31-2/h4-11,13-15,25H,3,12,29H2,1-2H3. The average Bonchev–Trinajstić information content (AvgIpc) is 2.86. The average molecular weight is 456 g/mol. The molecule has 0 radical (unpaired) electrons. The summed E-state index contributed by atoms with van der Waals surface area (Å²) in [5.74, 6) is 1.01. The first kappa shape index (κ1) is 22.7. The minimum absolute atomic E-state index is 0.0103. The lowest BCUT2D eigenvalue weighted by molar-refractivity contribution is 0.0734. The van der Waals surface area contributed by atoms with Gasteiger partial charge in [-0.3, -0.25) is 0 Å². The highest BCUT2D eigenvalue weighted by Crippen LogP contribution is 2.44. The van der Waals surface area contributed by atoms with Crippen LogP contribution < -0.4 is 24.7 Å². The second-order valence-corrected chi connectivity index (χ2v) is 7.67. The number of rotatable bonds is 7. The first-order valence-corrected chi connectivity index (χ1v) is 10.8. The Hall–Kier alpha value is -4.44. The topological polar surface area (TPSA) is 104 Å². The molecular weight excluding hydrogens is 432 g/mol. The van der Waals surface area contributed by atoms with Crippen molar-refractivity contribution >= 4 is 5.97 Å². The van der Waals surface area contributed by atoms with Crippen molar-refractivity contribution in [3.8, 4) is 29.1 Å². The number of nitriles is 1. The van der Waals surface area contributed by atoms with E-state index in [1.165, 1.54) is 7.11 Å². The molecule has 7 nitrogen and oxygen atoms in total. The van der Waals surface area contributed by atoms with Gasteiger partial charge in [0, 0.05) is 11.6 Å². The van der Waals surface area contributed by atoms with Crippen molar-refractivity contribution in [2.24, 2.45) is 5.73 Å². The summed E-state index contributed by atoms with van der Waals surface area (Å²) < 4.78 is 22.2. The third-order valence-electron chi connectivity index (χ3n) is 5.37. The molecule has 1 atom stereocenters. The summed E-state index contributed by atoms with van der Waals surface area (Å²) in [7, 11) is 1.53. The molecule has 1 heterocycles. The molecule has 0 fully saturated rings. The van der Waals surface area contributed by atoms with Crippen LogP contribution in [0.4, 0.5) is 0 Å². The predicted octanol–water partition coefficient (Wildman–Crippen LogP) is 4.92. The van der Waals surface area contributed by atoms with Crippen molar-refractivity contribution in [2.75, 3.05) is 13.7 Å². The predicted molar refractivity (Wildman–Crippen MR) is 126 cm³/mol. The zero-order valence-corrected chi connectivity index (χ0v) is 18.9. The van der Waals surface area contributed by atoms with Crippen LogP contribution in [-0.2, 0) is 0 Å². The van der Waals surface area contributed by atoms with Gasteiger partial charge >= 0.3 is 5.97 Å². The molecule has 0 aliphatic carbocycles. The second kappa shape index (κ2) is 10.0. The highest BCUT2D eigenvalue weighted by atomic mass is 16.5. The van der Waals surface area contributed by atoms with Gasteiger partial charge in [0.1, 0.15) is 34.6 Å². The lowest BCUT2D eigenvalue weighted by Crippen LogP contribution is -2.21. The minimum Gasteiger partial charge on any atom is -0.497 e. The van der Waals surface area contributed by atoms with E-state index < -0.39 is 11.9 Å². The summed E-state index contributed by atoms with van der Waals surface area (Å²) in [5, 5.41) is 9.79. The molecule has 3 aromatic rings. The fourth-order valence-electron chi connectivity index (χ4n) is 3.76. The van der Waals surface area contributed by atoms with E-state index in [1.807, 2.05) is 31.2 Å². The number of benzene rings is 3. The Morgan fingerprint density at radius 1 is 1.06 bits per heavy atom. The van der Waals surface area contributed by atoms with E-state index in [9.17, 15) is 10.1 Å². The third-order valence-corrected chi connectivity index (χ3v) is 5.37. The van der Waals surface area contributed by atoms with Gasteiger partial charge in [-0.15, -0.1) is 0 Å². The summed E-state index contributed by atoms with van der Waals surface area (Å²) in [4.78, 5) is 12.6. The number of nitrogens with two attached hydrogens (primary N) is 1. The normalized spacial score (nSPS) is 14.4. The summed E-state index contributed by atoms with van der Waals surface area (Å²) >= 11 is 0. The number of allylic oxidation sites excluding steroid dienone is 1. The summed E-state index contributed by atoms with van der Waals surface area (Å²) in [6.07, 6.45) is 0.887. The van der Waals surface area contributed by atoms with Gasteiger partial charge in [0.25, 0.3) is 0 Å².